The van der Waals surface area contributed by atoms with Gasteiger partial charge < -0.3 is 4.74 Å². The van der Waals surface area contributed by atoms with Gasteiger partial charge in [-0.2, -0.15) is 0 Å². The number of esters is 1. The van der Waals surface area contributed by atoms with E-state index in [0.717, 1.165) is 11.1 Å². The number of ketones is 1. The summed E-state index contributed by atoms with van der Waals surface area (Å²) in [5.41, 5.74) is 2.45. The van der Waals surface area contributed by atoms with E-state index in [1.165, 1.54) is 19.1 Å². The number of hydrogen-bond donors (Lipinski definition) is 0. The van der Waals surface area contributed by atoms with Crippen molar-refractivity contribution in [1.82, 2.24) is 4.98 Å². The quantitative estimate of drug-likeness (QED) is 0.464. The molecule has 0 aliphatic heterocycles. The number of nitrogens with zero attached hydrogens (tertiary/aromatic N) is 1. The lowest BCUT2D eigenvalue weighted by Crippen LogP contribution is -2.25. The van der Waals surface area contributed by atoms with E-state index in [1.54, 1.807) is 12.1 Å². The molecule has 0 amide bonds. The molecule has 0 aliphatic rings. The van der Waals surface area contributed by atoms with Gasteiger partial charge >= 0.3 is 5.97 Å². The number of Topliss-reactive ketones (excluding diaryl/α,β-unsaturated/α-hetero) is 1. The Kier molecular flexibility index (Phi) is 5.39. The summed E-state index contributed by atoms with van der Waals surface area (Å²) < 4.78 is 5.16. The van der Waals surface area contributed by atoms with Crippen LogP contribution in [-0.4, -0.2) is 22.8 Å². The summed E-state index contributed by atoms with van der Waals surface area (Å²) in [6, 6.07) is 8.24. The zero-order valence-corrected chi connectivity index (χ0v) is 14.4. The Hall–Kier alpha value is -1.91. The van der Waals surface area contributed by atoms with E-state index in [0.29, 0.717) is 5.56 Å². The maximum Gasteiger partial charge on any atom is 0.359 e. The van der Waals surface area contributed by atoms with Crippen molar-refractivity contribution in [3.05, 3.63) is 62.9 Å². The van der Waals surface area contributed by atoms with Gasteiger partial charge in [0.25, 0.3) is 0 Å². The van der Waals surface area contributed by atoms with E-state index in [-0.39, 0.29) is 21.7 Å². The van der Waals surface area contributed by atoms with Crippen LogP contribution in [0.25, 0.3) is 0 Å². The zero-order valence-electron chi connectivity index (χ0n) is 12.9. The second-order valence-electron chi connectivity index (χ2n) is 5.18. The van der Waals surface area contributed by atoms with Crippen LogP contribution in [0.1, 0.15) is 38.9 Å². The van der Waals surface area contributed by atoms with Crippen LogP contribution in [0.15, 0.2) is 30.3 Å². The molecule has 1 heterocycles. The molecule has 0 aliphatic carbocycles. The van der Waals surface area contributed by atoms with Gasteiger partial charge in [0.2, 0.25) is 5.78 Å². The molecule has 0 bridgehead atoms. The standard InChI is InChI=1S/C17H15Cl2NO3/c1-9-4-5-12(8-10(9)2)16(21)11(3)23-17(22)15-13(18)6-7-14(19)20-15/h4-8,11H,1-3H3. The van der Waals surface area contributed by atoms with Crippen LogP contribution in [0.3, 0.4) is 0 Å². The van der Waals surface area contributed by atoms with Crippen LogP contribution in [0.4, 0.5) is 0 Å². The van der Waals surface area contributed by atoms with Crippen LogP contribution in [0.5, 0.6) is 0 Å². The Morgan fingerprint density at radius 2 is 1.78 bits per heavy atom. The first kappa shape index (κ1) is 17.4. The maximum absolute atomic E-state index is 12.4. The molecule has 0 radical (unpaired) electrons. The highest BCUT2D eigenvalue weighted by Crippen LogP contribution is 2.19. The lowest BCUT2D eigenvalue weighted by molar-refractivity contribution is 0.0313. The van der Waals surface area contributed by atoms with Crippen molar-refractivity contribution in [3.8, 4) is 0 Å². The maximum atomic E-state index is 12.4. The fourth-order valence-corrected chi connectivity index (χ4v) is 2.29. The number of carbonyl (C=O) groups excluding carboxylic acids is 2. The third-order valence-electron chi connectivity index (χ3n) is 3.45. The molecule has 0 spiro atoms. The minimum atomic E-state index is -0.957. The highest BCUT2D eigenvalue weighted by Gasteiger charge is 2.23. The average molecular weight is 352 g/mol. The smallest absolute Gasteiger partial charge is 0.359 e. The molecule has 23 heavy (non-hydrogen) atoms. The molecule has 1 atom stereocenters. The van der Waals surface area contributed by atoms with Gasteiger partial charge in [0.1, 0.15) is 5.15 Å². The van der Waals surface area contributed by atoms with Crippen LogP contribution in [-0.2, 0) is 4.74 Å². The number of pyridine rings is 1. The number of rotatable bonds is 4. The van der Waals surface area contributed by atoms with Crippen LogP contribution in [0.2, 0.25) is 10.2 Å². The van der Waals surface area contributed by atoms with Gasteiger partial charge in [0.15, 0.2) is 11.8 Å². The largest absolute Gasteiger partial charge is 0.449 e. The molecule has 0 saturated carbocycles. The van der Waals surface area contributed by atoms with Crippen molar-refractivity contribution in [3.63, 3.8) is 0 Å². The van der Waals surface area contributed by atoms with Gasteiger partial charge in [0, 0.05) is 5.56 Å². The van der Waals surface area contributed by atoms with Crippen molar-refractivity contribution in [2.75, 3.05) is 0 Å². The Morgan fingerprint density at radius 3 is 2.43 bits per heavy atom. The fraction of sp³-hybridized carbons (Fsp3) is 0.235. The molecule has 120 valence electrons. The highest BCUT2D eigenvalue weighted by molar-refractivity contribution is 6.34. The zero-order chi connectivity index (χ0) is 17.1. The second-order valence-corrected chi connectivity index (χ2v) is 5.97. The molecule has 4 nitrogen and oxygen atoms in total. The number of ether oxygens (including phenoxy) is 1. The number of aromatic nitrogens is 1. The molecular formula is C17H15Cl2NO3. The summed E-state index contributed by atoms with van der Waals surface area (Å²) in [4.78, 5) is 28.3. The predicted molar refractivity (Wildman–Crippen MR) is 89.4 cm³/mol. The summed E-state index contributed by atoms with van der Waals surface area (Å²) in [6.45, 7) is 5.38. The van der Waals surface area contributed by atoms with E-state index < -0.39 is 12.1 Å². The summed E-state index contributed by atoms with van der Waals surface area (Å²) in [7, 11) is 0. The predicted octanol–water partition coefficient (Wildman–Crippen LogP) is 4.43. The molecule has 0 fully saturated rings. The average Bonchev–Trinajstić information content (AvgIpc) is 2.51. The molecule has 1 aromatic heterocycles. The topological polar surface area (TPSA) is 56.3 Å². The first-order valence-corrected chi connectivity index (χ1v) is 7.69. The van der Waals surface area contributed by atoms with E-state index in [1.807, 2.05) is 19.9 Å². The minimum absolute atomic E-state index is 0.112. The normalized spacial score (nSPS) is 11.9. The Labute approximate surface area is 144 Å². The van der Waals surface area contributed by atoms with Crippen molar-refractivity contribution in [2.45, 2.75) is 26.9 Å². The Morgan fingerprint density at radius 1 is 1.09 bits per heavy atom. The molecule has 1 unspecified atom stereocenters. The number of hydrogen-bond acceptors (Lipinski definition) is 4. The lowest BCUT2D eigenvalue weighted by Gasteiger charge is -2.13. The van der Waals surface area contributed by atoms with Crippen molar-refractivity contribution >= 4 is 35.0 Å². The van der Waals surface area contributed by atoms with E-state index in [9.17, 15) is 9.59 Å². The molecular weight excluding hydrogens is 337 g/mol. The monoisotopic (exact) mass is 351 g/mol. The van der Waals surface area contributed by atoms with Gasteiger partial charge in [-0.25, -0.2) is 9.78 Å². The summed E-state index contributed by atoms with van der Waals surface area (Å²) in [5, 5.41) is 0.236. The Bertz CT molecular complexity index is 774. The van der Waals surface area contributed by atoms with Crippen molar-refractivity contribution in [1.29, 1.82) is 0 Å². The third kappa shape index (κ3) is 4.09. The van der Waals surface area contributed by atoms with Gasteiger partial charge in [-0.05, 0) is 50.1 Å². The second kappa shape index (κ2) is 7.11. The minimum Gasteiger partial charge on any atom is -0.449 e. The lowest BCUT2D eigenvalue weighted by atomic mass is 10.0. The number of carbonyl (C=O) groups is 2. The fourth-order valence-electron chi connectivity index (χ4n) is 1.96. The summed E-state index contributed by atoms with van der Waals surface area (Å²) in [6.07, 6.45) is -0.957. The molecule has 0 saturated heterocycles. The molecule has 2 rings (SSSR count). The van der Waals surface area contributed by atoms with Crippen molar-refractivity contribution < 1.29 is 14.3 Å². The molecule has 0 N–H and O–H groups in total. The Balaban J connectivity index is 2.15. The molecule has 6 heteroatoms. The molecule has 2 aromatic rings. The first-order chi connectivity index (χ1) is 10.8. The highest BCUT2D eigenvalue weighted by atomic mass is 35.5. The van der Waals surface area contributed by atoms with Gasteiger partial charge in [-0.3, -0.25) is 4.79 Å². The van der Waals surface area contributed by atoms with Crippen LogP contribution in [0, 0.1) is 13.8 Å². The number of aryl methyl sites for hydroxylation is 2. The number of halogens is 2. The van der Waals surface area contributed by atoms with E-state index >= 15 is 0 Å². The third-order valence-corrected chi connectivity index (χ3v) is 3.97. The van der Waals surface area contributed by atoms with Gasteiger partial charge in [-0.15, -0.1) is 0 Å². The van der Waals surface area contributed by atoms with E-state index in [2.05, 4.69) is 4.98 Å². The van der Waals surface area contributed by atoms with Crippen molar-refractivity contribution in [2.24, 2.45) is 0 Å². The van der Waals surface area contributed by atoms with Crippen LogP contribution < -0.4 is 0 Å². The van der Waals surface area contributed by atoms with Crippen LogP contribution >= 0.6 is 23.2 Å². The number of benzene rings is 1. The van der Waals surface area contributed by atoms with E-state index in [4.69, 9.17) is 27.9 Å². The summed E-state index contributed by atoms with van der Waals surface area (Å²) in [5.74, 6) is -1.08. The summed E-state index contributed by atoms with van der Waals surface area (Å²) >= 11 is 11.6. The first-order valence-electron chi connectivity index (χ1n) is 6.94. The molecule has 1 aromatic carbocycles. The van der Waals surface area contributed by atoms with Gasteiger partial charge in [0.05, 0.1) is 5.02 Å². The van der Waals surface area contributed by atoms with Gasteiger partial charge in [-0.1, -0.05) is 35.3 Å². The SMILES string of the molecule is Cc1ccc(C(=O)C(C)OC(=O)c2nc(Cl)ccc2Cl)cc1C.